The van der Waals surface area contributed by atoms with Gasteiger partial charge in [0.1, 0.15) is 19.8 Å². The van der Waals surface area contributed by atoms with Crippen molar-refractivity contribution >= 4 is 28.0 Å². The number of esters is 3. The number of allylic oxidation sites excluding steroid dienone is 1. The zero-order chi connectivity index (χ0) is 23.3. The van der Waals surface area contributed by atoms with Gasteiger partial charge in [-0.25, -0.2) is 0 Å². The van der Waals surface area contributed by atoms with Crippen LogP contribution in [0.25, 0.3) is 0 Å². The molecular formula is C20H32O10S. The van der Waals surface area contributed by atoms with Crippen LogP contribution in [0.4, 0.5) is 0 Å². The summed E-state index contributed by atoms with van der Waals surface area (Å²) < 4.78 is 46.7. The molecule has 0 aromatic carbocycles. The first kappa shape index (κ1) is 27.1. The first-order valence-corrected chi connectivity index (χ1v) is 11.8. The molecule has 0 radical (unpaired) electrons. The molecule has 1 aliphatic heterocycles. The van der Waals surface area contributed by atoms with Gasteiger partial charge in [0, 0.05) is 6.42 Å². The zero-order valence-electron chi connectivity index (χ0n) is 17.6. The van der Waals surface area contributed by atoms with E-state index in [1.807, 2.05) is 6.08 Å². The zero-order valence-corrected chi connectivity index (χ0v) is 18.4. The SMILES string of the molecule is C=CCCCCCCCCC(=O)OCC1(CO)COC(=O)CC(S(=O)(=O)O)C(=O)OC1. The van der Waals surface area contributed by atoms with Crippen LogP contribution in [-0.2, 0) is 38.7 Å². The lowest BCUT2D eigenvalue weighted by molar-refractivity contribution is -0.161. The molecule has 0 aromatic heterocycles. The number of rotatable bonds is 13. The summed E-state index contributed by atoms with van der Waals surface area (Å²) in [6.07, 6.45) is 7.98. The average molecular weight is 465 g/mol. The molecule has 2 atom stereocenters. The molecule has 2 N–H and O–H groups in total. The molecule has 1 aliphatic rings. The number of aliphatic hydroxyl groups excluding tert-OH is 1. The molecule has 2 unspecified atom stereocenters. The Morgan fingerprint density at radius 2 is 1.74 bits per heavy atom. The van der Waals surface area contributed by atoms with Gasteiger partial charge < -0.3 is 19.3 Å². The number of hydrogen-bond acceptors (Lipinski definition) is 9. The summed E-state index contributed by atoms with van der Waals surface area (Å²) >= 11 is 0. The Kier molecular flexibility index (Phi) is 11.7. The van der Waals surface area contributed by atoms with E-state index in [-0.39, 0.29) is 13.0 Å². The molecule has 11 heteroatoms. The standard InChI is InChI=1S/C20H32O10S/c1-2-3-4-5-6-7-8-9-10-17(22)28-13-20(12-21)14-29-18(23)11-16(31(25,26)27)19(24)30-15-20/h2,16,21H,1,3-15H2,(H,25,26,27). The van der Waals surface area contributed by atoms with Crippen molar-refractivity contribution in [2.75, 3.05) is 26.4 Å². The van der Waals surface area contributed by atoms with Crippen molar-refractivity contribution in [1.82, 2.24) is 0 Å². The van der Waals surface area contributed by atoms with Crippen molar-refractivity contribution in [1.29, 1.82) is 0 Å². The van der Waals surface area contributed by atoms with E-state index in [1.54, 1.807) is 0 Å². The molecule has 1 fully saturated rings. The lowest BCUT2D eigenvalue weighted by Crippen LogP contribution is -2.42. The highest BCUT2D eigenvalue weighted by Crippen LogP contribution is 2.23. The van der Waals surface area contributed by atoms with Crippen LogP contribution in [0.1, 0.15) is 57.8 Å². The van der Waals surface area contributed by atoms with Crippen LogP contribution in [0, 0.1) is 5.41 Å². The average Bonchev–Trinajstić information content (AvgIpc) is 2.78. The van der Waals surface area contributed by atoms with Crippen molar-refractivity contribution in [2.45, 2.75) is 63.0 Å². The van der Waals surface area contributed by atoms with Crippen molar-refractivity contribution in [3.05, 3.63) is 12.7 Å². The van der Waals surface area contributed by atoms with Crippen molar-refractivity contribution in [2.24, 2.45) is 5.41 Å². The van der Waals surface area contributed by atoms with Crippen LogP contribution < -0.4 is 0 Å². The number of unbranched alkanes of at least 4 members (excludes halogenated alkanes) is 6. The van der Waals surface area contributed by atoms with Gasteiger partial charge in [-0.2, -0.15) is 8.42 Å². The Morgan fingerprint density at radius 3 is 2.35 bits per heavy atom. The molecule has 0 aliphatic carbocycles. The highest BCUT2D eigenvalue weighted by atomic mass is 32.2. The maximum Gasteiger partial charge on any atom is 0.327 e. The first-order chi connectivity index (χ1) is 14.6. The highest BCUT2D eigenvalue weighted by molar-refractivity contribution is 7.87. The van der Waals surface area contributed by atoms with E-state index >= 15 is 0 Å². The number of hydrogen-bond donors (Lipinski definition) is 2. The fraction of sp³-hybridized carbons (Fsp3) is 0.750. The van der Waals surface area contributed by atoms with Gasteiger partial charge in [-0.3, -0.25) is 18.9 Å². The number of ether oxygens (including phenoxy) is 3. The summed E-state index contributed by atoms with van der Waals surface area (Å²) in [6, 6.07) is 0. The minimum atomic E-state index is -4.88. The van der Waals surface area contributed by atoms with Crippen LogP contribution >= 0.6 is 0 Å². The van der Waals surface area contributed by atoms with Crippen molar-refractivity contribution in [3.63, 3.8) is 0 Å². The Hall–Kier alpha value is -1.98. The fourth-order valence-electron chi connectivity index (χ4n) is 2.90. The Morgan fingerprint density at radius 1 is 1.13 bits per heavy atom. The van der Waals surface area contributed by atoms with Gasteiger partial charge >= 0.3 is 17.9 Å². The van der Waals surface area contributed by atoms with Crippen molar-refractivity contribution in [3.8, 4) is 0 Å². The third-order valence-corrected chi connectivity index (χ3v) is 6.03. The van der Waals surface area contributed by atoms with E-state index in [9.17, 15) is 27.9 Å². The summed E-state index contributed by atoms with van der Waals surface area (Å²) in [7, 11) is -4.88. The summed E-state index contributed by atoms with van der Waals surface area (Å²) in [6.45, 7) is 1.63. The summed E-state index contributed by atoms with van der Waals surface area (Å²) in [5.74, 6) is -2.93. The second-order valence-corrected chi connectivity index (χ2v) is 9.34. The van der Waals surface area contributed by atoms with E-state index in [0.717, 1.165) is 38.5 Å². The largest absolute Gasteiger partial charge is 0.465 e. The second kappa shape index (κ2) is 13.4. The minimum Gasteiger partial charge on any atom is -0.465 e. The van der Waals surface area contributed by atoms with Gasteiger partial charge in [-0.05, 0) is 19.3 Å². The van der Waals surface area contributed by atoms with E-state index in [1.165, 1.54) is 0 Å². The molecule has 1 rings (SSSR count). The third-order valence-electron chi connectivity index (χ3n) is 4.95. The molecule has 0 spiro atoms. The number of aliphatic hydroxyl groups is 1. The van der Waals surface area contributed by atoms with E-state index in [4.69, 9.17) is 18.8 Å². The normalized spacial score (nSPS) is 22.5. The van der Waals surface area contributed by atoms with E-state index < -0.39 is 64.9 Å². The predicted molar refractivity (Wildman–Crippen MR) is 109 cm³/mol. The number of carbonyl (C=O) groups is 3. The van der Waals surface area contributed by atoms with Crippen LogP contribution in [0.2, 0.25) is 0 Å². The minimum absolute atomic E-state index is 0.179. The predicted octanol–water partition coefficient (Wildman–Crippen LogP) is 1.56. The second-order valence-electron chi connectivity index (χ2n) is 7.74. The molecule has 1 heterocycles. The lowest BCUT2D eigenvalue weighted by atomic mass is 9.92. The molecular weight excluding hydrogens is 432 g/mol. The van der Waals surface area contributed by atoms with Crippen molar-refractivity contribution < 1.29 is 46.7 Å². The number of carbonyl (C=O) groups excluding carboxylic acids is 3. The molecule has 0 bridgehead atoms. The van der Waals surface area contributed by atoms with Crippen LogP contribution in [0.5, 0.6) is 0 Å². The first-order valence-electron chi connectivity index (χ1n) is 10.3. The summed E-state index contributed by atoms with van der Waals surface area (Å²) in [4.78, 5) is 35.8. The van der Waals surface area contributed by atoms with Crippen LogP contribution in [-0.4, -0.2) is 67.7 Å². The third kappa shape index (κ3) is 10.3. The molecule has 1 saturated heterocycles. The maximum absolute atomic E-state index is 12.0. The molecule has 10 nitrogen and oxygen atoms in total. The molecule has 0 amide bonds. The molecule has 0 aromatic rings. The van der Waals surface area contributed by atoms with Crippen LogP contribution in [0.3, 0.4) is 0 Å². The fourth-order valence-corrected chi connectivity index (χ4v) is 3.56. The van der Waals surface area contributed by atoms with Gasteiger partial charge in [-0.15, -0.1) is 6.58 Å². The summed E-state index contributed by atoms with van der Waals surface area (Å²) in [5.41, 5.74) is -1.43. The van der Waals surface area contributed by atoms with Gasteiger partial charge in [0.2, 0.25) is 0 Å². The molecule has 31 heavy (non-hydrogen) atoms. The van der Waals surface area contributed by atoms with Gasteiger partial charge in [0.05, 0.1) is 18.4 Å². The Bertz CT molecular complexity index is 717. The summed E-state index contributed by atoms with van der Waals surface area (Å²) in [5, 5.41) is 7.63. The Balaban J connectivity index is 2.51. The smallest absolute Gasteiger partial charge is 0.327 e. The van der Waals surface area contributed by atoms with Gasteiger partial charge in [0.15, 0.2) is 5.25 Å². The monoisotopic (exact) mass is 464 g/mol. The quantitative estimate of drug-likeness (QED) is 0.135. The van der Waals surface area contributed by atoms with E-state index in [0.29, 0.717) is 6.42 Å². The van der Waals surface area contributed by atoms with Gasteiger partial charge in [-0.1, -0.05) is 31.8 Å². The van der Waals surface area contributed by atoms with E-state index in [2.05, 4.69) is 6.58 Å². The molecule has 0 saturated carbocycles. The number of cyclic esters (lactones) is 2. The lowest BCUT2D eigenvalue weighted by Gasteiger charge is -2.29. The maximum atomic E-state index is 12.0. The molecule has 178 valence electrons. The topological polar surface area (TPSA) is 154 Å². The van der Waals surface area contributed by atoms with Gasteiger partial charge in [0.25, 0.3) is 10.1 Å². The Labute approximate surface area is 182 Å². The highest BCUT2D eigenvalue weighted by Gasteiger charge is 2.42. The van der Waals surface area contributed by atoms with Crippen LogP contribution in [0.15, 0.2) is 12.7 Å².